The molecular formula is C21H24Cl2FN3O2. The van der Waals surface area contributed by atoms with Crippen molar-refractivity contribution in [2.75, 3.05) is 44.7 Å². The second-order valence-corrected chi connectivity index (χ2v) is 7.75. The Labute approximate surface area is 180 Å². The number of hydrogen-bond donors (Lipinski definition) is 1. The Morgan fingerprint density at radius 2 is 1.86 bits per heavy atom. The van der Waals surface area contributed by atoms with E-state index in [-0.39, 0.29) is 11.8 Å². The molecule has 8 heteroatoms. The molecule has 1 aliphatic rings. The van der Waals surface area contributed by atoms with Gasteiger partial charge in [0.2, 0.25) is 0 Å². The van der Waals surface area contributed by atoms with Gasteiger partial charge in [-0.25, -0.2) is 9.18 Å². The summed E-state index contributed by atoms with van der Waals surface area (Å²) in [5.74, 6) is -0.301. The number of amides is 2. The maximum Gasteiger partial charge on any atom is 0.322 e. The van der Waals surface area contributed by atoms with E-state index in [4.69, 9.17) is 27.9 Å². The van der Waals surface area contributed by atoms with Crippen LogP contribution < -0.4 is 5.32 Å². The molecule has 2 aromatic rings. The van der Waals surface area contributed by atoms with Crippen molar-refractivity contribution in [3.63, 3.8) is 0 Å². The monoisotopic (exact) mass is 439 g/mol. The summed E-state index contributed by atoms with van der Waals surface area (Å²) in [6.45, 7) is 5.13. The van der Waals surface area contributed by atoms with Gasteiger partial charge in [-0.1, -0.05) is 35.3 Å². The van der Waals surface area contributed by atoms with Gasteiger partial charge in [0.05, 0.1) is 23.9 Å². The number of benzene rings is 2. The topological polar surface area (TPSA) is 44.8 Å². The largest absolute Gasteiger partial charge is 0.379 e. The number of hydrogen-bond acceptors (Lipinski definition) is 3. The third-order valence-corrected chi connectivity index (χ3v) is 5.30. The summed E-state index contributed by atoms with van der Waals surface area (Å²) >= 11 is 12.1. The molecule has 0 spiro atoms. The summed E-state index contributed by atoms with van der Waals surface area (Å²) in [6, 6.07) is 10.8. The van der Waals surface area contributed by atoms with Gasteiger partial charge in [-0.2, -0.15) is 0 Å². The van der Waals surface area contributed by atoms with Gasteiger partial charge in [0.1, 0.15) is 5.82 Å². The molecule has 156 valence electrons. The third-order valence-electron chi connectivity index (χ3n) is 4.75. The van der Waals surface area contributed by atoms with Crippen molar-refractivity contribution in [1.82, 2.24) is 9.80 Å². The number of carbonyl (C=O) groups is 1. The van der Waals surface area contributed by atoms with Crippen molar-refractivity contribution in [2.24, 2.45) is 0 Å². The van der Waals surface area contributed by atoms with E-state index >= 15 is 0 Å². The van der Waals surface area contributed by atoms with Crippen LogP contribution in [-0.2, 0) is 11.3 Å². The smallest absolute Gasteiger partial charge is 0.322 e. The zero-order valence-corrected chi connectivity index (χ0v) is 17.6. The van der Waals surface area contributed by atoms with Gasteiger partial charge in [0.25, 0.3) is 0 Å². The Morgan fingerprint density at radius 3 is 2.55 bits per heavy atom. The minimum absolute atomic E-state index is 0.263. The summed E-state index contributed by atoms with van der Waals surface area (Å²) in [5, 5.41) is 3.72. The highest BCUT2D eigenvalue weighted by atomic mass is 35.5. The zero-order valence-electron chi connectivity index (χ0n) is 16.0. The summed E-state index contributed by atoms with van der Waals surface area (Å²) in [4.78, 5) is 17.0. The molecule has 0 bridgehead atoms. The molecule has 1 heterocycles. The van der Waals surface area contributed by atoms with Crippen molar-refractivity contribution in [2.45, 2.75) is 13.0 Å². The molecular weight excluding hydrogens is 416 g/mol. The van der Waals surface area contributed by atoms with Gasteiger partial charge in [0, 0.05) is 37.7 Å². The first-order valence-corrected chi connectivity index (χ1v) is 10.3. The van der Waals surface area contributed by atoms with Crippen LogP contribution in [0.3, 0.4) is 0 Å². The van der Waals surface area contributed by atoms with Crippen LogP contribution in [0.25, 0.3) is 0 Å². The van der Waals surface area contributed by atoms with Crippen molar-refractivity contribution >= 4 is 34.9 Å². The number of anilines is 1. The second-order valence-electron chi connectivity index (χ2n) is 6.91. The van der Waals surface area contributed by atoms with Crippen LogP contribution >= 0.6 is 23.2 Å². The van der Waals surface area contributed by atoms with Crippen LogP contribution in [0, 0.1) is 5.82 Å². The SMILES string of the molecule is O=C(Nc1ccc(Cl)cc1Cl)N(CCCN1CCOCC1)Cc1ccc(F)cc1. The highest BCUT2D eigenvalue weighted by Gasteiger charge is 2.17. The highest BCUT2D eigenvalue weighted by molar-refractivity contribution is 6.36. The first kappa shape index (κ1) is 21.8. The molecule has 1 fully saturated rings. The highest BCUT2D eigenvalue weighted by Crippen LogP contribution is 2.25. The molecule has 2 aromatic carbocycles. The van der Waals surface area contributed by atoms with Gasteiger partial charge in [0.15, 0.2) is 0 Å². The maximum atomic E-state index is 13.2. The molecule has 0 aromatic heterocycles. The summed E-state index contributed by atoms with van der Waals surface area (Å²) in [7, 11) is 0. The molecule has 1 aliphatic heterocycles. The molecule has 0 unspecified atom stereocenters. The number of ether oxygens (including phenoxy) is 1. The molecule has 0 aliphatic carbocycles. The quantitative estimate of drug-likeness (QED) is 0.667. The average Bonchev–Trinajstić information content (AvgIpc) is 2.71. The molecule has 2 amide bonds. The van der Waals surface area contributed by atoms with E-state index < -0.39 is 0 Å². The lowest BCUT2D eigenvalue weighted by Gasteiger charge is -2.28. The standard InChI is InChI=1S/C21H24Cl2FN3O2/c22-17-4-7-20(19(23)14-17)25-21(28)27(15-16-2-5-18(24)6-3-16)9-1-8-26-10-12-29-13-11-26/h2-7,14H,1,8-13,15H2,(H,25,28). The van der Waals surface area contributed by atoms with E-state index in [2.05, 4.69) is 10.2 Å². The number of carbonyl (C=O) groups excluding carboxylic acids is 1. The van der Waals surface area contributed by atoms with E-state index in [1.54, 1.807) is 35.2 Å². The Morgan fingerprint density at radius 1 is 1.14 bits per heavy atom. The summed E-state index contributed by atoms with van der Waals surface area (Å²) in [6.07, 6.45) is 0.822. The van der Waals surface area contributed by atoms with Crippen LogP contribution in [0.4, 0.5) is 14.9 Å². The average molecular weight is 440 g/mol. The molecule has 1 saturated heterocycles. The van der Waals surface area contributed by atoms with E-state index in [0.29, 0.717) is 28.8 Å². The van der Waals surface area contributed by atoms with Crippen molar-refractivity contribution < 1.29 is 13.9 Å². The Balaban J connectivity index is 1.64. The normalized spacial score (nSPS) is 14.6. The zero-order chi connectivity index (χ0) is 20.6. The number of halogens is 3. The number of rotatable bonds is 7. The van der Waals surface area contributed by atoms with Crippen LogP contribution in [0.2, 0.25) is 10.0 Å². The lowest BCUT2D eigenvalue weighted by atomic mass is 10.2. The molecule has 0 saturated carbocycles. The fourth-order valence-electron chi connectivity index (χ4n) is 3.16. The molecule has 29 heavy (non-hydrogen) atoms. The van der Waals surface area contributed by atoms with E-state index in [0.717, 1.165) is 44.8 Å². The van der Waals surface area contributed by atoms with E-state index in [1.807, 2.05) is 0 Å². The minimum atomic E-state index is -0.301. The van der Waals surface area contributed by atoms with Gasteiger partial charge in [-0.05, 0) is 42.3 Å². The minimum Gasteiger partial charge on any atom is -0.379 e. The van der Waals surface area contributed by atoms with Crippen molar-refractivity contribution in [1.29, 1.82) is 0 Å². The van der Waals surface area contributed by atoms with Gasteiger partial charge >= 0.3 is 6.03 Å². The Hall–Kier alpha value is -1.86. The molecule has 3 rings (SSSR count). The Bertz CT molecular complexity index is 814. The third kappa shape index (κ3) is 6.85. The first-order valence-electron chi connectivity index (χ1n) is 9.57. The summed E-state index contributed by atoms with van der Waals surface area (Å²) in [5.41, 5.74) is 1.36. The first-order chi connectivity index (χ1) is 14.0. The van der Waals surface area contributed by atoms with Crippen LogP contribution in [-0.4, -0.2) is 55.2 Å². The van der Waals surface area contributed by atoms with Crippen molar-refractivity contribution in [3.05, 3.63) is 63.9 Å². The van der Waals surface area contributed by atoms with Crippen molar-refractivity contribution in [3.8, 4) is 0 Å². The molecule has 0 radical (unpaired) electrons. The predicted molar refractivity (Wildman–Crippen MR) is 114 cm³/mol. The van der Waals surface area contributed by atoms with Gasteiger partial charge < -0.3 is 15.0 Å². The van der Waals surface area contributed by atoms with Gasteiger partial charge in [-0.15, -0.1) is 0 Å². The van der Waals surface area contributed by atoms with Crippen LogP contribution in [0.15, 0.2) is 42.5 Å². The fourth-order valence-corrected chi connectivity index (χ4v) is 3.61. The number of urea groups is 1. The lowest BCUT2D eigenvalue weighted by molar-refractivity contribution is 0.0365. The number of morpholine rings is 1. The second kappa shape index (κ2) is 10.8. The van der Waals surface area contributed by atoms with Crippen LogP contribution in [0.1, 0.15) is 12.0 Å². The Kier molecular flexibility index (Phi) is 8.12. The molecule has 0 atom stereocenters. The summed E-state index contributed by atoms with van der Waals surface area (Å²) < 4.78 is 18.6. The molecule has 1 N–H and O–H groups in total. The number of nitrogens with zero attached hydrogens (tertiary/aromatic N) is 2. The number of nitrogens with one attached hydrogen (secondary N) is 1. The maximum absolute atomic E-state index is 13.2. The van der Waals surface area contributed by atoms with Gasteiger partial charge in [-0.3, -0.25) is 4.90 Å². The fraction of sp³-hybridized carbons (Fsp3) is 0.381. The lowest BCUT2D eigenvalue weighted by Crippen LogP contribution is -2.40. The van der Waals surface area contributed by atoms with E-state index in [1.165, 1.54) is 12.1 Å². The predicted octanol–water partition coefficient (Wildman–Crippen LogP) is 4.89. The van der Waals surface area contributed by atoms with E-state index in [9.17, 15) is 9.18 Å². The molecule has 5 nitrogen and oxygen atoms in total. The van der Waals surface area contributed by atoms with Crippen LogP contribution in [0.5, 0.6) is 0 Å².